The number of carboxylic acid groups (broad SMARTS) is 1. The summed E-state index contributed by atoms with van der Waals surface area (Å²) in [4.78, 5) is 33.2. The van der Waals surface area contributed by atoms with Crippen LogP contribution in [0.4, 0.5) is 5.69 Å². The van der Waals surface area contributed by atoms with E-state index in [1.165, 1.54) is 24.4 Å². The molecule has 1 aromatic heterocycles. The Morgan fingerprint density at radius 1 is 1.48 bits per heavy atom. The Bertz CT molecular complexity index is 782. The van der Waals surface area contributed by atoms with Gasteiger partial charge in [0, 0.05) is 12.1 Å². The standard InChI is InChI=1S/C13H11N3O5/c1-8-5-11(17)15(14-6-8)7-9-3-2-4-10(16(20)21)12(9)13(18)19/h2-6H,7H2,1H3,(H,18,19). The van der Waals surface area contributed by atoms with Crippen molar-refractivity contribution in [2.24, 2.45) is 0 Å². The Labute approximate surface area is 118 Å². The van der Waals surface area contributed by atoms with Crippen molar-refractivity contribution in [2.45, 2.75) is 13.5 Å². The highest BCUT2D eigenvalue weighted by Gasteiger charge is 2.23. The molecule has 0 spiro atoms. The van der Waals surface area contributed by atoms with Gasteiger partial charge in [-0.25, -0.2) is 9.48 Å². The lowest BCUT2D eigenvalue weighted by Gasteiger charge is -2.08. The summed E-state index contributed by atoms with van der Waals surface area (Å²) >= 11 is 0. The third-order valence-corrected chi connectivity index (χ3v) is 2.87. The fourth-order valence-electron chi connectivity index (χ4n) is 1.92. The molecule has 0 aliphatic heterocycles. The van der Waals surface area contributed by atoms with Gasteiger partial charge in [0.25, 0.3) is 11.2 Å². The highest BCUT2D eigenvalue weighted by molar-refractivity contribution is 5.94. The SMILES string of the molecule is Cc1cnn(Cc2cccc([N+](=O)[O-])c2C(=O)O)c(=O)c1. The fraction of sp³-hybridized carbons (Fsp3) is 0.154. The molecule has 0 radical (unpaired) electrons. The number of benzene rings is 1. The van der Waals surface area contributed by atoms with Gasteiger partial charge in [-0.2, -0.15) is 5.10 Å². The Morgan fingerprint density at radius 2 is 2.19 bits per heavy atom. The van der Waals surface area contributed by atoms with Gasteiger partial charge in [0.15, 0.2) is 0 Å². The molecule has 0 aliphatic rings. The first kappa shape index (κ1) is 14.4. The highest BCUT2D eigenvalue weighted by atomic mass is 16.6. The van der Waals surface area contributed by atoms with Crippen LogP contribution in [0, 0.1) is 17.0 Å². The predicted molar refractivity (Wildman–Crippen MR) is 72.4 cm³/mol. The molecule has 0 aliphatic carbocycles. The zero-order valence-electron chi connectivity index (χ0n) is 11.0. The minimum Gasteiger partial charge on any atom is -0.477 e. The monoisotopic (exact) mass is 289 g/mol. The molecule has 0 saturated carbocycles. The first-order chi connectivity index (χ1) is 9.90. The molecule has 1 heterocycles. The largest absolute Gasteiger partial charge is 0.477 e. The van der Waals surface area contributed by atoms with Crippen LogP contribution < -0.4 is 5.56 Å². The molecule has 0 atom stereocenters. The molecule has 2 rings (SSSR count). The van der Waals surface area contributed by atoms with Crippen LogP contribution >= 0.6 is 0 Å². The second kappa shape index (κ2) is 5.53. The number of hydrogen-bond donors (Lipinski definition) is 1. The van der Waals surface area contributed by atoms with Crippen molar-refractivity contribution in [1.29, 1.82) is 0 Å². The molecule has 21 heavy (non-hydrogen) atoms. The highest BCUT2D eigenvalue weighted by Crippen LogP contribution is 2.22. The molecule has 8 nitrogen and oxygen atoms in total. The molecular formula is C13H11N3O5. The average molecular weight is 289 g/mol. The maximum absolute atomic E-state index is 11.8. The Morgan fingerprint density at radius 3 is 2.76 bits per heavy atom. The molecule has 1 N–H and O–H groups in total. The number of nitro benzene ring substituents is 1. The molecule has 0 amide bonds. The van der Waals surface area contributed by atoms with E-state index in [0.29, 0.717) is 5.56 Å². The zero-order valence-corrected chi connectivity index (χ0v) is 11.0. The number of nitrogens with zero attached hydrogens (tertiary/aromatic N) is 3. The Kier molecular flexibility index (Phi) is 3.79. The molecule has 1 aromatic carbocycles. The van der Waals surface area contributed by atoms with Crippen molar-refractivity contribution in [3.8, 4) is 0 Å². The van der Waals surface area contributed by atoms with Crippen molar-refractivity contribution in [3.63, 3.8) is 0 Å². The van der Waals surface area contributed by atoms with Crippen molar-refractivity contribution >= 4 is 11.7 Å². The summed E-state index contributed by atoms with van der Waals surface area (Å²) in [5, 5.41) is 24.0. The molecule has 8 heteroatoms. The molecule has 0 fully saturated rings. The van der Waals surface area contributed by atoms with Crippen LogP contribution in [0.15, 0.2) is 35.3 Å². The van der Waals surface area contributed by atoms with E-state index >= 15 is 0 Å². The van der Waals surface area contributed by atoms with Crippen molar-refractivity contribution in [3.05, 3.63) is 67.6 Å². The van der Waals surface area contributed by atoms with Gasteiger partial charge in [-0.3, -0.25) is 14.9 Å². The Balaban J connectivity index is 2.54. The number of carboxylic acids is 1. The molecule has 0 unspecified atom stereocenters. The number of aromatic nitrogens is 2. The van der Waals surface area contributed by atoms with Gasteiger partial charge in [0.2, 0.25) is 0 Å². The molecule has 108 valence electrons. The van der Waals surface area contributed by atoms with Crippen molar-refractivity contribution in [1.82, 2.24) is 9.78 Å². The molecule has 0 bridgehead atoms. The second-order valence-corrected chi connectivity index (χ2v) is 4.40. The topological polar surface area (TPSA) is 115 Å². The van der Waals surface area contributed by atoms with Gasteiger partial charge < -0.3 is 5.11 Å². The van der Waals surface area contributed by atoms with E-state index in [1.807, 2.05) is 0 Å². The summed E-state index contributed by atoms with van der Waals surface area (Å²) in [5.74, 6) is -1.42. The Hall–Kier alpha value is -3.03. The number of carbonyl (C=O) groups is 1. The predicted octanol–water partition coefficient (Wildman–Crippen LogP) is 1.21. The number of hydrogen-bond acceptors (Lipinski definition) is 5. The summed E-state index contributed by atoms with van der Waals surface area (Å²) in [5.41, 5.74) is -0.529. The zero-order chi connectivity index (χ0) is 15.6. The summed E-state index contributed by atoms with van der Waals surface area (Å²) < 4.78 is 1.05. The van der Waals surface area contributed by atoms with E-state index < -0.39 is 27.7 Å². The van der Waals surface area contributed by atoms with Crippen molar-refractivity contribution in [2.75, 3.05) is 0 Å². The minimum atomic E-state index is -1.42. The van der Waals surface area contributed by atoms with Crippen LogP contribution in [0.2, 0.25) is 0 Å². The van der Waals surface area contributed by atoms with Gasteiger partial charge in [-0.15, -0.1) is 0 Å². The third kappa shape index (κ3) is 2.94. The smallest absolute Gasteiger partial charge is 0.343 e. The van der Waals surface area contributed by atoms with E-state index in [-0.39, 0.29) is 12.1 Å². The number of nitro groups is 1. The normalized spacial score (nSPS) is 10.3. The molecule has 0 saturated heterocycles. The number of aryl methyl sites for hydroxylation is 1. The van der Waals surface area contributed by atoms with Crippen molar-refractivity contribution < 1.29 is 14.8 Å². The van der Waals surface area contributed by atoms with E-state index in [9.17, 15) is 24.8 Å². The van der Waals surface area contributed by atoms with E-state index in [4.69, 9.17) is 0 Å². The lowest BCUT2D eigenvalue weighted by atomic mass is 10.1. The quantitative estimate of drug-likeness (QED) is 0.668. The van der Waals surface area contributed by atoms with Crippen LogP contribution in [0.3, 0.4) is 0 Å². The van der Waals surface area contributed by atoms with E-state index in [2.05, 4.69) is 5.10 Å². The van der Waals surface area contributed by atoms with Crippen LogP contribution in [-0.2, 0) is 6.54 Å². The average Bonchev–Trinajstić information content (AvgIpc) is 2.41. The number of rotatable bonds is 4. The summed E-state index contributed by atoms with van der Waals surface area (Å²) in [6, 6.07) is 5.26. The van der Waals surface area contributed by atoms with Gasteiger partial charge >= 0.3 is 5.97 Å². The molecule has 2 aromatic rings. The maximum Gasteiger partial charge on any atom is 0.343 e. The fourth-order valence-corrected chi connectivity index (χ4v) is 1.92. The molecular weight excluding hydrogens is 278 g/mol. The van der Waals surface area contributed by atoms with Crippen LogP contribution in [0.5, 0.6) is 0 Å². The second-order valence-electron chi connectivity index (χ2n) is 4.40. The lowest BCUT2D eigenvalue weighted by Crippen LogP contribution is -2.24. The third-order valence-electron chi connectivity index (χ3n) is 2.87. The lowest BCUT2D eigenvalue weighted by molar-refractivity contribution is -0.385. The van der Waals surface area contributed by atoms with Gasteiger partial charge in [0.1, 0.15) is 5.56 Å². The van der Waals surface area contributed by atoms with Crippen LogP contribution in [-0.4, -0.2) is 25.8 Å². The van der Waals surface area contributed by atoms with E-state index in [1.54, 1.807) is 6.92 Å². The van der Waals surface area contributed by atoms with Crippen LogP contribution in [0.1, 0.15) is 21.5 Å². The van der Waals surface area contributed by atoms with Gasteiger partial charge in [-0.05, 0) is 18.1 Å². The van der Waals surface area contributed by atoms with E-state index in [0.717, 1.165) is 10.7 Å². The number of aromatic carboxylic acids is 1. The minimum absolute atomic E-state index is 0.148. The summed E-state index contributed by atoms with van der Waals surface area (Å²) in [6.45, 7) is 1.55. The van der Waals surface area contributed by atoms with Gasteiger partial charge in [0.05, 0.1) is 17.7 Å². The summed E-state index contributed by atoms with van der Waals surface area (Å²) in [7, 11) is 0. The first-order valence-electron chi connectivity index (χ1n) is 5.93. The van der Waals surface area contributed by atoms with Crippen LogP contribution in [0.25, 0.3) is 0 Å². The van der Waals surface area contributed by atoms with Gasteiger partial charge in [-0.1, -0.05) is 12.1 Å². The maximum atomic E-state index is 11.8. The summed E-state index contributed by atoms with van der Waals surface area (Å²) in [6.07, 6.45) is 1.46. The first-order valence-corrected chi connectivity index (χ1v) is 5.93.